The molecule has 2 fully saturated rings. The number of likely N-dealkylation sites (tertiary alicyclic amines) is 1. The first-order valence-electron chi connectivity index (χ1n) is 13.6. The minimum absolute atomic E-state index is 0.107. The van der Waals surface area contributed by atoms with Crippen LogP contribution in [0.2, 0.25) is 5.02 Å². The molecule has 4 heterocycles. The van der Waals surface area contributed by atoms with Crippen molar-refractivity contribution < 1.29 is 4.74 Å². The van der Waals surface area contributed by atoms with Crippen molar-refractivity contribution in [1.82, 2.24) is 25.5 Å². The maximum Gasteiger partial charge on any atom is 0.318 e. The highest BCUT2D eigenvalue weighted by Gasteiger charge is 2.30. The van der Waals surface area contributed by atoms with Gasteiger partial charge in [-0.15, -0.1) is 0 Å². The minimum Gasteiger partial charge on any atom is -0.462 e. The Bertz CT molecular complexity index is 1360. The number of benzene rings is 2. The fourth-order valence-electron chi connectivity index (χ4n) is 6.08. The molecule has 3 aliphatic heterocycles. The lowest BCUT2D eigenvalue weighted by Gasteiger charge is -2.36. The van der Waals surface area contributed by atoms with E-state index in [1.165, 1.54) is 17.4 Å². The van der Waals surface area contributed by atoms with Crippen LogP contribution in [0.3, 0.4) is 0 Å². The van der Waals surface area contributed by atoms with Crippen molar-refractivity contribution >= 4 is 28.2 Å². The fraction of sp³-hybridized carbons (Fsp3) is 0.483. The van der Waals surface area contributed by atoms with E-state index in [9.17, 15) is 5.26 Å². The molecule has 0 bridgehead atoms. The van der Waals surface area contributed by atoms with Crippen LogP contribution in [0.5, 0.6) is 6.01 Å². The number of fused-ring (bicyclic) bond motifs is 2. The Hall–Kier alpha value is -2.96. The summed E-state index contributed by atoms with van der Waals surface area (Å²) >= 11 is 6.38. The number of likely N-dealkylation sites (N-methyl/N-ethyl adjacent to an activating group) is 1. The molecule has 38 heavy (non-hydrogen) atoms. The summed E-state index contributed by atoms with van der Waals surface area (Å²) < 4.78 is 6.26. The van der Waals surface area contributed by atoms with Crippen LogP contribution in [0.4, 0.5) is 5.82 Å². The van der Waals surface area contributed by atoms with Gasteiger partial charge in [0.25, 0.3) is 0 Å². The monoisotopic (exact) mass is 531 g/mol. The molecule has 0 amide bonds. The molecule has 3 aliphatic rings. The Kier molecular flexibility index (Phi) is 7.35. The van der Waals surface area contributed by atoms with Crippen LogP contribution in [0.25, 0.3) is 10.8 Å². The molecule has 3 atom stereocenters. The first-order chi connectivity index (χ1) is 18.6. The summed E-state index contributed by atoms with van der Waals surface area (Å²) in [6.45, 7) is 4.77. The minimum atomic E-state index is 0.107. The summed E-state index contributed by atoms with van der Waals surface area (Å²) in [4.78, 5) is 14.6. The molecule has 0 aliphatic carbocycles. The highest BCUT2D eigenvalue weighted by atomic mass is 35.5. The third kappa shape index (κ3) is 5.16. The Labute approximate surface area is 228 Å². The second-order valence-corrected chi connectivity index (χ2v) is 11.1. The highest BCUT2D eigenvalue weighted by molar-refractivity contribution is 6.31. The van der Waals surface area contributed by atoms with Crippen molar-refractivity contribution in [3.8, 4) is 12.1 Å². The Morgan fingerprint density at radius 2 is 2.11 bits per heavy atom. The van der Waals surface area contributed by atoms with Gasteiger partial charge in [0, 0.05) is 61.3 Å². The molecule has 2 N–H and O–H groups in total. The van der Waals surface area contributed by atoms with Crippen molar-refractivity contribution in [2.24, 2.45) is 0 Å². The number of nitrogens with one attached hydrogen (secondary N) is 2. The molecule has 2 aromatic carbocycles. The van der Waals surface area contributed by atoms with Gasteiger partial charge in [-0.3, -0.25) is 0 Å². The summed E-state index contributed by atoms with van der Waals surface area (Å²) in [5, 5.41) is 19.6. The van der Waals surface area contributed by atoms with Crippen LogP contribution in [0.1, 0.15) is 42.1 Å². The number of piperazine rings is 1. The first kappa shape index (κ1) is 25.3. The lowest BCUT2D eigenvalue weighted by Crippen LogP contribution is -2.51. The van der Waals surface area contributed by atoms with Gasteiger partial charge in [0.1, 0.15) is 12.4 Å². The van der Waals surface area contributed by atoms with E-state index in [2.05, 4.69) is 63.9 Å². The lowest BCUT2D eigenvalue weighted by molar-refractivity contribution is 0.187. The van der Waals surface area contributed by atoms with E-state index in [1.807, 2.05) is 6.07 Å². The van der Waals surface area contributed by atoms with Crippen molar-refractivity contribution in [3.05, 3.63) is 58.2 Å². The molecular weight excluding hydrogens is 498 g/mol. The van der Waals surface area contributed by atoms with Crippen LogP contribution in [0.15, 0.2) is 36.4 Å². The van der Waals surface area contributed by atoms with E-state index in [4.69, 9.17) is 26.3 Å². The molecular formula is C29H34ClN7O. The van der Waals surface area contributed by atoms with Gasteiger partial charge in [0.2, 0.25) is 0 Å². The molecule has 198 valence electrons. The molecule has 0 spiro atoms. The lowest BCUT2D eigenvalue weighted by atomic mass is 9.91. The average molecular weight is 532 g/mol. The summed E-state index contributed by atoms with van der Waals surface area (Å²) in [5.74, 6) is 0.932. The van der Waals surface area contributed by atoms with Gasteiger partial charge >= 0.3 is 6.01 Å². The molecule has 9 heteroatoms. The third-order valence-corrected chi connectivity index (χ3v) is 8.43. The van der Waals surface area contributed by atoms with Gasteiger partial charge in [0.15, 0.2) is 0 Å². The number of aromatic nitrogens is 2. The summed E-state index contributed by atoms with van der Waals surface area (Å²) in [5.41, 5.74) is 3.38. The quantitative estimate of drug-likeness (QED) is 0.496. The number of halogens is 1. The molecule has 0 saturated carbocycles. The zero-order valence-corrected chi connectivity index (χ0v) is 22.5. The van der Waals surface area contributed by atoms with Crippen LogP contribution in [0, 0.1) is 11.3 Å². The predicted octanol–water partition coefficient (Wildman–Crippen LogP) is 3.84. The maximum absolute atomic E-state index is 9.26. The van der Waals surface area contributed by atoms with Crippen LogP contribution in [-0.4, -0.2) is 66.8 Å². The number of hydrogen-bond donors (Lipinski definition) is 2. The smallest absolute Gasteiger partial charge is 0.318 e. The Morgan fingerprint density at radius 3 is 2.95 bits per heavy atom. The summed E-state index contributed by atoms with van der Waals surface area (Å²) in [6, 6.07) is 15.9. The molecule has 2 saturated heterocycles. The predicted molar refractivity (Wildman–Crippen MR) is 150 cm³/mol. The second kappa shape index (κ2) is 11.0. The van der Waals surface area contributed by atoms with Crippen LogP contribution >= 0.6 is 11.6 Å². The summed E-state index contributed by atoms with van der Waals surface area (Å²) in [6.07, 6.45) is 3.55. The molecule has 1 aromatic heterocycles. The maximum atomic E-state index is 9.26. The highest BCUT2D eigenvalue weighted by Crippen LogP contribution is 2.35. The van der Waals surface area contributed by atoms with Gasteiger partial charge in [-0.25, -0.2) is 0 Å². The van der Waals surface area contributed by atoms with E-state index in [0.29, 0.717) is 31.6 Å². The normalized spacial score (nSPS) is 23.8. The van der Waals surface area contributed by atoms with Gasteiger partial charge in [-0.2, -0.15) is 15.2 Å². The van der Waals surface area contributed by atoms with Crippen LogP contribution in [-0.2, 0) is 13.0 Å². The number of anilines is 1. The number of nitrogens with zero attached hydrogens (tertiary/aromatic N) is 5. The van der Waals surface area contributed by atoms with E-state index in [0.717, 1.165) is 66.5 Å². The van der Waals surface area contributed by atoms with Crippen molar-refractivity contribution in [1.29, 1.82) is 5.26 Å². The van der Waals surface area contributed by atoms with E-state index in [1.54, 1.807) is 0 Å². The van der Waals surface area contributed by atoms with Crippen molar-refractivity contribution in [3.63, 3.8) is 0 Å². The van der Waals surface area contributed by atoms with Crippen molar-refractivity contribution in [2.45, 2.75) is 50.4 Å². The first-order valence-corrected chi connectivity index (χ1v) is 14.0. The Morgan fingerprint density at radius 1 is 1.18 bits per heavy atom. The number of hydrogen-bond acceptors (Lipinski definition) is 8. The van der Waals surface area contributed by atoms with E-state index >= 15 is 0 Å². The zero-order chi connectivity index (χ0) is 26.1. The summed E-state index contributed by atoms with van der Waals surface area (Å²) in [7, 11) is 2.16. The SMILES string of the molecule is CN1CCC[C@H]1COc1nc2c(c(N3CCNC(CC#N)C3)n1)CNC(c1cccc3ccc(Cl)cc13)C2. The Balaban J connectivity index is 1.33. The molecule has 2 unspecified atom stereocenters. The van der Waals surface area contributed by atoms with E-state index in [-0.39, 0.29) is 12.1 Å². The average Bonchev–Trinajstić information content (AvgIpc) is 3.35. The van der Waals surface area contributed by atoms with E-state index < -0.39 is 0 Å². The topological polar surface area (TPSA) is 89.3 Å². The molecule has 8 nitrogen and oxygen atoms in total. The largest absolute Gasteiger partial charge is 0.462 e. The standard InChI is InChI=1S/C29H34ClN7O/c1-36-12-3-5-22(36)18-38-29-34-27-15-26(23-6-2-4-19-7-8-20(30)14-24(19)23)33-16-25(27)28(35-29)37-13-11-32-21(17-37)9-10-31/h2,4,6-8,14,21-22,26,32-33H,3,5,9,11-13,15-18H2,1H3/t21?,22-,26?/m0/s1. The molecule has 3 aromatic rings. The molecule has 0 radical (unpaired) electrons. The van der Waals surface area contributed by atoms with Gasteiger partial charge in [-0.1, -0.05) is 35.9 Å². The van der Waals surface area contributed by atoms with Gasteiger partial charge < -0.3 is 25.2 Å². The van der Waals surface area contributed by atoms with Crippen LogP contribution < -0.4 is 20.3 Å². The number of ether oxygens (including phenoxy) is 1. The molecule has 6 rings (SSSR count). The van der Waals surface area contributed by atoms with Gasteiger partial charge in [-0.05, 0) is 54.9 Å². The third-order valence-electron chi connectivity index (χ3n) is 8.20. The fourth-order valence-corrected chi connectivity index (χ4v) is 6.25. The van der Waals surface area contributed by atoms with Gasteiger partial charge in [0.05, 0.1) is 18.2 Å². The van der Waals surface area contributed by atoms with Crippen molar-refractivity contribution in [2.75, 3.05) is 44.7 Å². The number of rotatable bonds is 6. The zero-order valence-electron chi connectivity index (χ0n) is 21.8. The number of nitriles is 1. The second-order valence-electron chi connectivity index (χ2n) is 10.7.